The summed E-state index contributed by atoms with van der Waals surface area (Å²) < 4.78 is 25.5. The molecule has 0 radical (unpaired) electrons. The summed E-state index contributed by atoms with van der Waals surface area (Å²) in [5, 5.41) is 8.60. The average Bonchev–Trinajstić information content (AvgIpc) is 2.84. The molecule has 9 nitrogen and oxygen atoms in total. The summed E-state index contributed by atoms with van der Waals surface area (Å²) in [4.78, 5) is 21.2. The molecule has 2 aromatic heterocycles. The number of sulfonamides is 1. The summed E-state index contributed by atoms with van der Waals surface area (Å²) in [5.41, 5.74) is 1.95. The largest absolute Gasteiger partial charge is 0.352 e. The van der Waals surface area contributed by atoms with Crippen LogP contribution in [0, 0.1) is 0 Å². The van der Waals surface area contributed by atoms with E-state index in [-0.39, 0.29) is 10.8 Å². The number of nitrogens with zero attached hydrogens (tertiary/aromatic N) is 6. The van der Waals surface area contributed by atoms with Crippen molar-refractivity contribution in [2.45, 2.75) is 4.90 Å². The van der Waals surface area contributed by atoms with Gasteiger partial charge in [0.2, 0.25) is 10.0 Å². The van der Waals surface area contributed by atoms with Crippen molar-refractivity contribution in [2.24, 2.45) is 0 Å². The van der Waals surface area contributed by atoms with Crippen LogP contribution < -0.4 is 4.90 Å². The highest BCUT2D eigenvalue weighted by atomic mass is 32.2. The fraction of sp³-hybridized carbons (Fsp3) is 0.273. The van der Waals surface area contributed by atoms with Crippen LogP contribution in [0.5, 0.6) is 0 Å². The Morgan fingerprint density at radius 1 is 0.875 bits per heavy atom. The standard InChI is InChI=1S/C22H24N6O3S/c1-26(2)32(30,31)18-8-6-17(7-9-18)22(29)28-15-13-27(14-16-28)21-11-10-20(24-25-21)19-5-3-4-12-23-19/h3-12H,13-16H2,1-2H3. The van der Waals surface area contributed by atoms with Gasteiger partial charge in [-0.2, -0.15) is 0 Å². The zero-order chi connectivity index (χ0) is 22.7. The normalized spacial score (nSPS) is 14.6. The number of aromatic nitrogens is 3. The molecule has 4 rings (SSSR count). The van der Waals surface area contributed by atoms with E-state index in [1.807, 2.05) is 30.3 Å². The molecule has 10 heteroatoms. The maximum absolute atomic E-state index is 12.9. The molecule has 166 valence electrons. The highest BCUT2D eigenvalue weighted by Gasteiger charge is 2.24. The second-order valence-corrected chi connectivity index (χ2v) is 9.73. The SMILES string of the molecule is CN(C)S(=O)(=O)c1ccc(C(=O)N2CCN(c3ccc(-c4ccccn4)nn3)CC2)cc1. The molecule has 0 bridgehead atoms. The molecule has 0 atom stereocenters. The number of carbonyl (C=O) groups excluding carboxylic acids is 1. The van der Waals surface area contributed by atoms with E-state index >= 15 is 0 Å². The fourth-order valence-electron chi connectivity index (χ4n) is 3.45. The van der Waals surface area contributed by atoms with Crippen LogP contribution in [0.2, 0.25) is 0 Å². The third-order valence-electron chi connectivity index (χ3n) is 5.35. The lowest BCUT2D eigenvalue weighted by Crippen LogP contribution is -2.49. The Labute approximate surface area is 187 Å². The van der Waals surface area contributed by atoms with Crippen LogP contribution in [0.25, 0.3) is 11.4 Å². The van der Waals surface area contributed by atoms with E-state index in [0.717, 1.165) is 15.8 Å². The molecule has 32 heavy (non-hydrogen) atoms. The number of amides is 1. The van der Waals surface area contributed by atoms with Crippen molar-refractivity contribution in [3.63, 3.8) is 0 Å². The number of hydrogen-bond acceptors (Lipinski definition) is 7. The van der Waals surface area contributed by atoms with Crippen LogP contribution in [0.4, 0.5) is 5.82 Å². The smallest absolute Gasteiger partial charge is 0.253 e. The predicted molar refractivity (Wildman–Crippen MR) is 121 cm³/mol. The number of piperazine rings is 1. The van der Waals surface area contributed by atoms with Crippen molar-refractivity contribution in [3.8, 4) is 11.4 Å². The van der Waals surface area contributed by atoms with Gasteiger partial charge in [0, 0.05) is 52.0 Å². The predicted octanol–water partition coefficient (Wildman–Crippen LogP) is 1.75. The first kappa shape index (κ1) is 21.8. The van der Waals surface area contributed by atoms with Crippen molar-refractivity contribution in [1.82, 2.24) is 24.4 Å². The molecule has 0 aliphatic carbocycles. The maximum atomic E-state index is 12.9. The highest BCUT2D eigenvalue weighted by Crippen LogP contribution is 2.19. The quantitative estimate of drug-likeness (QED) is 0.581. The summed E-state index contributed by atoms with van der Waals surface area (Å²) in [6.45, 7) is 2.35. The van der Waals surface area contributed by atoms with Gasteiger partial charge in [-0.1, -0.05) is 6.07 Å². The van der Waals surface area contributed by atoms with Crippen LogP contribution in [0.15, 0.2) is 65.7 Å². The van der Waals surface area contributed by atoms with Gasteiger partial charge in [0.15, 0.2) is 5.82 Å². The van der Waals surface area contributed by atoms with Crippen molar-refractivity contribution >= 4 is 21.7 Å². The molecular weight excluding hydrogens is 428 g/mol. The van der Waals surface area contributed by atoms with E-state index in [4.69, 9.17) is 0 Å². The summed E-state index contributed by atoms with van der Waals surface area (Å²) in [7, 11) is -0.565. The Morgan fingerprint density at radius 3 is 2.16 bits per heavy atom. The third kappa shape index (κ3) is 4.46. The lowest BCUT2D eigenvalue weighted by atomic mass is 10.2. The van der Waals surface area contributed by atoms with Gasteiger partial charge in [0.1, 0.15) is 5.69 Å². The Hall–Kier alpha value is -3.37. The molecule has 1 aliphatic heterocycles. The van der Waals surface area contributed by atoms with E-state index in [0.29, 0.717) is 37.4 Å². The van der Waals surface area contributed by atoms with Gasteiger partial charge in [-0.15, -0.1) is 10.2 Å². The molecule has 0 unspecified atom stereocenters. The lowest BCUT2D eigenvalue weighted by molar-refractivity contribution is 0.0746. The topological polar surface area (TPSA) is 99.6 Å². The Kier molecular flexibility index (Phi) is 6.15. The number of hydrogen-bond donors (Lipinski definition) is 0. The monoisotopic (exact) mass is 452 g/mol. The maximum Gasteiger partial charge on any atom is 0.253 e. The van der Waals surface area contributed by atoms with Crippen molar-refractivity contribution in [1.29, 1.82) is 0 Å². The number of rotatable bonds is 5. The minimum absolute atomic E-state index is 0.116. The molecule has 0 spiro atoms. The van der Waals surface area contributed by atoms with Crippen LogP contribution in [0.3, 0.4) is 0 Å². The molecular formula is C22H24N6O3S. The van der Waals surface area contributed by atoms with Gasteiger partial charge in [0.25, 0.3) is 5.91 Å². The van der Waals surface area contributed by atoms with Crippen LogP contribution in [0.1, 0.15) is 10.4 Å². The zero-order valence-electron chi connectivity index (χ0n) is 17.9. The van der Waals surface area contributed by atoms with Gasteiger partial charge >= 0.3 is 0 Å². The van der Waals surface area contributed by atoms with E-state index in [1.54, 1.807) is 23.2 Å². The minimum Gasteiger partial charge on any atom is -0.352 e. The second kappa shape index (κ2) is 9.01. The van der Waals surface area contributed by atoms with Crippen LogP contribution >= 0.6 is 0 Å². The van der Waals surface area contributed by atoms with Gasteiger partial charge in [-0.25, -0.2) is 12.7 Å². The molecule has 1 aromatic carbocycles. The highest BCUT2D eigenvalue weighted by molar-refractivity contribution is 7.89. The number of pyridine rings is 1. The summed E-state index contributed by atoms with van der Waals surface area (Å²) in [6, 6.07) is 15.5. The summed E-state index contributed by atoms with van der Waals surface area (Å²) >= 11 is 0. The first-order valence-corrected chi connectivity index (χ1v) is 11.6. The molecule has 0 N–H and O–H groups in total. The third-order valence-corrected chi connectivity index (χ3v) is 7.18. The summed E-state index contributed by atoms with van der Waals surface area (Å²) in [6.07, 6.45) is 1.72. The average molecular weight is 453 g/mol. The lowest BCUT2D eigenvalue weighted by Gasteiger charge is -2.35. The molecule has 1 fully saturated rings. The van der Waals surface area contributed by atoms with Crippen molar-refractivity contribution < 1.29 is 13.2 Å². The van der Waals surface area contributed by atoms with Crippen molar-refractivity contribution in [2.75, 3.05) is 45.2 Å². The molecule has 3 aromatic rings. The van der Waals surface area contributed by atoms with Gasteiger partial charge < -0.3 is 9.80 Å². The Balaban J connectivity index is 1.38. The second-order valence-electron chi connectivity index (χ2n) is 7.58. The number of benzene rings is 1. The summed E-state index contributed by atoms with van der Waals surface area (Å²) in [5.74, 6) is 0.644. The van der Waals surface area contributed by atoms with Gasteiger partial charge in [-0.3, -0.25) is 9.78 Å². The first-order chi connectivity index (χ1) is 15.4. The van der Waals surface area contributed by atoms with E-state index in [1.165, 1.54) is 26.2 Å². The van der Waals surface area contributed by atoms with Crippen molar-refractivity contribution in [3.05, 3.63) is 66.4 Å². The van der Waals surface area contributed by atoms with Crippen LogP contribution in [-0.2, 0) is 10.0 Å². The number of anilines is 1. The Bertz CT molecular complexity index is 1170. The van der Waals surface area contributed by atoms with E-state index in [9.17, 15) is 13.2 Å². The van der Waals surface area contributed by atoms with E-state index < -0.39 is 10.0 Å². The van der Waals surface area contributed by atoms with Gasteiger partial charge in [-0.05, 0) is 48.5 Å². The minimum atomic E-state index is -3.52. The molecule has 1 amide bonds. The Morgan fingerprint density at radius 2 is 1.59 bits per heavy atom. The fourth-order valence-corrected chi connectivity index (χ4v) is 4.35. The van der Waals surface area contributed by atoms with Crippen LogP contribution in [-0.4, -0.2) is 79.0 Å². The molecule has 3 heterocycles. The number of carbonyl (C=O) groups is 1. The zero-order valence-corrected chi connectivity index (χ0v) is 18.7. The molecule has 1 saturated heterocycles. The van der Waals surface area contributed by atoms with Gasteiger partial charge in [0.05, 0.1) is 10.6 Å². The first-order valence-electron chi connectivity index (χ1n) is 10.2. The molecule has 1 aliphatic rings. The van der Waals surface area contributed by atoms with E-state index in [2.05, 4.69) is 20.1 Å². The molecule has 0 saturated carbocycles.